The Labute approximate surface area is 245 Å². The topological polar surface area (TPSA) is 93.8 Å². The van der Waals surface area contributed by atoms with Crippen molar-refractivity contribution in [2.24, 2.45) is 5.92 Å². The van der Waals surface area contributed by atoms with Gasteiger partial charge in [0.2, 0.25) is 5.91 Å². The highest BCUT2D eigenvalue weighted by atomic mass is 19.4. The van der Waals surface area contributed by atoms with Gasteiger partial charge in [0.25, 0.3) is 0 Å². The van der Waals surface area contributed by atoms with Crippen LogP contribution in [0.15, 0.2) is 61.1 Å². The summed E-state index contributed by atoms with van der Waals surface area (Å²) in [6.07, 6.45) is 1.28. The number of halogens is 3. The summed E-state index contributed by atoms with van der Waals surface area (Å²) in [5.41, 5.74) is 3.43. The summed E-state index contributed by atoms with van der Waals surface area (Å²) in [5.74, 6) is 0.0358. The lowest BCUT2D eigenvalue weighted by atomic mass is 9.91. The zero-order chi connectivity index (χ0) is 30.5. The Morgan fingerprint density at radius 2 is 1.84 bits per heavy atom. The van der Waals surface area contributed by atoms with E-state index in [-0.39, 0.29) is 24.3 Å². The first-order valence-electron chi connectivity index (χ1n) is 14.1. The number of amides is 2. The van der Waals surface area contributed by atoms with Gasteiger partial charge in [0, 0.05) is 37.1 Å². The first-order chi connectivity index (χ1) is 20.6. The Morgan fingerprint density at radius 1 is 1.07 bits per heavy atom. The van der Waals surface area contributed by atoms with Crippen LogP contribution in [0.4, 0.5) is 18.0 Å². The van der Waals surface area contributed by atoms with Crippen LogP contribution in [-0.2, 0) is 0 Å². The summed E-state index contributed by atoms with van der Waals surface area (Å²) in [6.45, 7) is 3.07. The molecule has 1 aliphatic rings. The largest absolute Gasteiger partial charge is 0.497 e. The van der Waals surface area contributed by atoms with Gasteiger partial charge < -0.3 is 15.0 Å². The molecule has 0 saturated carbocycles. The van der Waals surface area contributed by atoms with E-state index < -0.39 is 24.7 Å². The summed E-state index contributed by atoms with van der Waals surface area (Å²) in [6, 6.07) is 12.8. The van der Waals surface area contributed by atoms with Crippen LogP contribution < -0.4 is 10.1 Å². The van der Waals surface area contributed by atoms with Crippen molar-refractivity contribution in [1.82, 2.24) is 29.2 Å². The summed E-state index contributed by atoms with van der Waals surface area (Å²) >= 11 is 0. The fourth-order valence-corrected chi connectivity index (χ4v) is 6.07. The van der Waals surface area contributed by atoms with Crippen LogP contribution in [0.1, 0.15) is 48.2 Å². The first kappa shape index (κ1) is 28.5. The number of fused-ring (bicyclic) bond motifs is 4. The minimum Gasteiger partial charge on any atom is -0.497 e. The molecule has 0 bridgehead atoms. The molecule has 0 spiro atoms. The van der Waals surface area contributed by atoms with Crippen LogP contribution in [0.25, 0.3) is 27.6 Å². The third kappa shape index (κ3) is 5.26. The molecule has 6 rings (SSSR count). The molecular weight excluding hydrogens is 561 g/mol. The van der Waals surface area contributed by atoms with Crippen molar-refractivity contribution in [1.29, 1.82) is 0 Å². The third-order valence-electron chi connectivity index (χ3n) is 8.45. The number of carbonyl (C=O) groups is 2. The van der Waals surface area contributed by atoms with Gasteiger partial charge in [-0.1, -0.05) is 37.6 Å². The van der Waals surface area contributed by atoms with Crippen LogP contribution in [0.3, 0.4) is 0 Å². The Hall–Kier alpha value is -4.61. The molecule has 2 amide bonds. The minimum atomic E-state index is -4.48. The number of urea groups is 1. The van der Waals surface area contributed by atoms with Gasteiger partial charge in [-0.25, -0.2) is 14.8 Å². The highest BCUT2D eigenvalue weighted by molar-refractivity contribution is 5.94. The number of carbonyl (C=O) groups excluding carboxylic acids is 2. The van der Waals surface area contributed by atoms with Crippen molar-refractivity contribution in [3.05, 3.63) is 72.3 Å². The van der Waals surface area contributed by atoms with Crippen LogP contribution in [0.2, 0.25) is 0 Å². The minimum absolute atomic E-state index is 0.0244. The average Bonchev–Trinajstić information content (AvgIpc) is 3.74. The van der Waals surface area contributed by atoms with Crippen LogP contribution in [-0.4, -0.2) is 68.7 Å². The number of methoxy groups -OCH3 is 1. The van der Waals surface area contributed by atoms with Gasteiger partial charge in [-0.2, -0.15) is 13.2 Å². The number of likely N-dealkylation sites (tertiary alicyclic amines) is 1. The predicted octanol–water partition coefficient (Wildman–Crippen LogP) is 5.99. The Morgan fingerprint density at radius 3 is 2.58 bits per heavy atom. The van der Waals surface area contributed by atoms with Crippen molar-refractivity contribution < 1.29 is 27.5 Å². The Kier molecular flexibility index (Phi) is 7.23. The van der Waals surface area contributed by atoms with Gasteiger partial charge in [0.15, 0.2) is 11.3 Å². The molecule has 1 unspecified atom stereocenters. The summed E-state index contributed by atoms with van der Waals surface area (Å²) < 4.78 is 46.8. The molecule has 0 aliphatic carbocycles. The van der Waals surface area contributed by atoms with Crippen LogP contribution in [0.5, 0.6) is 5.75 Å². The molecule has 5 aromatic rings. The smallest absolute Gasteiger partial charge is 0.405 e. The van der Waals surface area contributed by atoms with E-state index in [0.29, 0.717) is 23.4 Å². The fourth-order valence-electron chi connectivity index (χ4n) is 6.07. The van der Waals surface area contributed by atoms with Crippen molar-refractivity contribution in [3.63, 3.8) is 0 Å². The highest BCUT2D eigenvalue weighted by Gasteiger charge is 2.38. The second-order valence-corrected chi connectivity index (χ2v) is 11.0. The maximum Gasteiger partial charge on any atom is 0.405 e. The van der Waals surface area contributed by atoms with E-state index in [0.717, 1.165) is 34.2 Å². The third-order valence-corrected chi connectivity index (χ3v) is 8.45. The van der Waals surface area contributed by atoms with Gasteiger partial charge >= 0.3 is 12.2 Å². The second-order valence-electron chi connectivity index (χ2n) is 11.0. The Balaban J connectivity index is 1.30. The lowest BCUT2D eigenvalue weighted by Gasteiger charge is -2.18. The molecule has 12 heteroatoms. The van der Waals surface area contributed by atoms with E-state index in [2.05, 4.69) is 9.97 Å². The predicted molar refractivity (Wildman–Crippen MR) is 156 cm³/mol. The van der Waals surface area contributed by atoms with Gasteiger partial charge in [-0.05, 0) is 47.4 Å². The van der Waals surface area contributed by atoms with E-state index in [9.17, 15) is 22.8 Å². The highest BCUT2D eigenvalue weighted by Crippen LogP contribution is 2.36. The lowest BCUT2D eigenvalue weighted by Crippen LogP contribution is -2.42. The number of ether oxygens (including phenoxy) is 1. The molecule has 3 atom stereocenters. The number of aromatic nitrogens is 4. The zero-order valence-corrected chi connectivity index (χ0v) is 23.9. The average molecular weight is 593 g/mol. The van der Waals surface area contributed by atoms with Crippen LogP contribution in [0, 0.1) is 5.92 Å². The number of imidazole rings is 1. The number of nitrogens with zero attached hydrogens (tertiary/aromatic N) is 5. The SMILES string of the molecule is CCC1CN(C(=O)NCC(F)(F)F)C[C@@H]1c1cnc2cnc3c(ccn3C(=O)[C@@H](C)c3ccc4cc(OC)ccc4c3)n12. The van der Waals surface area contributed by atoms with Crippen molar-refractivity contribution >= 4 is 39.5 Å². The summed E-state index contributed by atoms with van der Waals surface area (Å²) in [7, 11) is 1.62. The van der Waals surface area contributed by atoms with Crippen molar-refractivity contribution in [2.75, 3.05) is 26.7 Å². The molecule has 9 nitrogen and oxygen atoms in total. The molecule has 3 aromatic heterocycles. The van der Waals surface area contributed by atoms with E-state index in [1.54, 1.807) is 30.3 Å². The molecule has 0 radical (unpaired) electrons. The van der Waals surface area contributed by atoms with E-state index >= 15 is 0 Å². The molecular formula is C31H31F3N6O3. The molecule has 4 heterocycles. The molecule has 1 fully saturated rings. The van der Waals surface area contributed by atoms with E-state index in [1.807, 2.05) is 66.0 Å². The monoisotopic (exact) mass is 592 g/mol. The molecule has 1 aliphatic heterocycles. The van der Waals surface area contributed by atoms with E-state index in [1.165, 1.54) is 4.90 Å². The number of benzene rings is 2. The number of rotatable bonds is 6. The molecule has 1 N–H and O–H groups in total. The summed E-state index contributed by atoms with van der Waals surface area (Å²) in [5, 5.41) is 3.99. The van der Waals surface area contributed by atoms with Crippen molar-refractivity contribution in [2.45, 2.75) is 38.3 Å². The first-order valence-corrected chi connectivity index (χ1v) is 14.1. The van der Waals surface area contributed by atoms with Gasteiger partial charge in [-0.15, -0.1) is 0 Å². The maximum atomic E-state index is 13.8. The number of nitrogens with one attached hydrogen (secondary N) is 1. The maximum absolute atomic E-state index is 13.8. The van der Waals surface area contributed by atoms with E-state index in [4.69, 9.17) is 4.74 Å². The van der Waals surface area contributed by atoms with Gasteiger partial charge in [0.05, 0.1) is 24.7 Å². The van der Waals surface area contributed by atoms with Gasteiger partial charge in [0.1, 0.15) is 12.3 Å². The lowest BCUT2D eigenvalue weighted by molar-refractivity contribution is -0.123. The zero-order valence-electron chi connectivity index (χ0n) is 23.9. The molecule has 224 valence electrons. The Bertz CT molecular complexity index is 1850. The standard InChI is InChI=1S/C31H31F3N6O3/c1-4-19-15-38(30(42)37-17-31(32,33)34)16-24(19)26-13-35-27-14-36-28-25(40(26)27)9-10-39(28)29(41)18(2)20-5-6-22-12-23(43-3)8-7-21(22)11-20/h5-14,18-19,24H,4,15-17H2,1-3H3,(H,37,42)/t18-,19?,24-/m0/s1. The quantitative estimate of drug-likeness (QED) is 0.262. The summed E-state index contributed by atoms with van der Waals surface area (Å²) in [4.78, 5) is 36.8. The molecule has 43 heavy (non-hydrogen) atoms. The number of alkyl halides is 3. The molecule has 2 aromatic carbocycles. The normalized spacial score (nSPS) is 18.0. The molecule has 1 saturated heterocycles. The second kappa shape index (κ2) is 10.9. The van der Waals surface area contributed by atoms with Crippen molar-refractivity contribution in [3.8, 4) is 5.75 Å². The van der Waals surface area contributed by atoms with Gasteiger partial charge in [-0.3, -0.25) is 13.8 Å². The number of hydrogen-bond acceptors (Lipinski definition) is 5. The number of hydrogen-bond donors (Lipinski definition) is 1. The fraction of sp³-hybridized carbons (Fsp3) is 0.355. The van der Waals surface area contributed by atoms with Crippen LogP contribution >= 0.6 is 0 Å².